The van der Waals surface area contributed by atoms with E-state index in [9.17, 15) is 14.7 Å². The number of aliphatic hydroxyl groups excluding tert-OH is 1. The normalized spacial score (nSPS) is 23.3. The highest BCUT2D eigenvalue weighted by molar-refractivity contribution is 5.94. The highest BCUT2D eigenvalue weighted by Gasteiger charge is 2.54. The molecule has 2 aromatic rings. The summed E-state index contributed by atoms with van der Waals surface area (Å²) in [6.07, 6.45) is 2.25. The van der Waals surface area contributed by atoms with Crippen molar-refractivity contribution in [3.05, 3.63) is 71.8 Å². The average molecular weight is 392 g/mol. The van der Waals surface area contributed by atoms with E-state index in [1.54, 1.807) is 0 Å². The third kappa shape index (κ3) is 4.06. The van der Waals surface area contributed by atoms with E-state index in [0.29, 0.717) is 38.2 Å². The van der Waals surface area contributed by atoms with Gasteiger partial charge in [-0.25, -0.2) is 0 Å². The number of amides is 2. The van der Waals surface area contributed by atoms with Crippen LogP contribution in [0.4, 0.5) is 0 Å². The molecule has 0 unspecified atom stereocenters. The third-order valence-corrected chi connectivity index (χ3v) is 6.43. The Morgan fingerprint density at radius 1 is 0.931 bits per heavy atom. The molecule has 0 aromatic heterocycles. The van der Waals surface area contributed by atoms with E-state index in [1.165, 1.54) is 5.56 Å². The second-order valence-corrected chi connectivity index (χ2v) is 8.38. The molecule has 0 radical (unpaired) electrons. The van der Waals surface area contributed by atoms with Crippen molar-refractivity contribution in [1.82, 2.24) is 9.80 Å². The molecule has 2 atom stereocenters. The van der Waals surface area contributed by atoms with Gasteiger partial charge in [0.05, 0.1) is 6.61 Å². The first-order valence-electron chi connectivity index (χ1n) is 10.4. The summed E-state index contributed by atoms with van der Waals surface area (Å²) < 4.78 is 0. The zero-order chi connectivity index (χ0) is 20.3. The van der Waals surface area contributed by atoms with Crippen LogP contribution in [0, 0.1) is 11.3 Å². The average Bonchev–Trinajstić information content (AvgIpc) is 3.29. The zero-order valence-electron chi connectivity index (χ0n) is 16.7. The van der Waals surface area contributed by atoms with Gasteiger partial charge in [-0.05, 0) is 30.5 Å². The maximum absolute atomic E-state index is 12.8. The lowest BCUT2D eigenvalue weighted by molar-refractivity contribution is -0.130. The summed E-state index contributed by atoms with van der Waals surface area (Å²) in [4.78, 5) is 29.3. The van der Waals surface area contributed by atoms with Crippen molar-refractivity contribution in [2.75, 3.05) is 32.8 Å². The molecule has 2 fully saturated rings. The summed E-state index contributed by atoms with van der Waals surface area (Å²) in [6.45, 7) is 2.28. The first kappa shape index (κ1) is 19.6. The van der Waals surface area contributed by atoms with Crippen LogP contribution < -0.4 is 0 Å². The van der Waals surface area contributed by atoms with E-state index >= 15 is 0 Å². The molecular formula is C24H28N2O3. The molecule has 2 heterocycles. The standard InChI is InChI=1S/C24H28N2O3/c27-18-24-16-25(22(28)13-7-10-19-8-3-1-4-9-19)14-21(24)15-26(17-24)23(29)20-11-5-2-6-12-20/h1-6,8-9,11-12,21,27H,7,10,13-18H2/t21-,24+/m0/s1. The molecule has 5 nitrogen and oxygen atoms in total. The second-order valence-electron chi connectivity index (χ2n) is 8.38. The molecule has 0 spiro atoms. The van der Waals surface area contributed by atoms with Crippen LogP contribution in [0.1, 0.15) is 28.8 Å². The number of rotatable bonds is 6. The van der Waals surface area contributed by atoms with Gasteiger partial charge in [-0.3, -0.25) is 9.59 Å². The topological polar surface area (TPSA) is 60.9 Å². The quantitative estimate of drug-likeness (QED) is 0.822. The maximum atomic E-state index is 12.8. The lowest BCUT2D eigenvalue weighted by Gasteiger charge is -2.27. The number of aryl methyl sites for hydroxylation is 1. The third-order valence-electron chi connectivity index (χ3n) is 6.43. The number of aliphatic hydroxyl groups is 1. The van der Waals surface area contributed by atoms with Crippen LogP contribution in [0.5, 0.6) is 0 Å². The number of fused-ring (bicyclic) bond motifs is 1. The predicted molar refractivity (Wildman–Crippen MR) is 111 cm³/mol. The number of carbonyl (C=O) groups excluding carboxylic acids is 2. The van der Waals surface area contributed by atoms with Gasteiger partial charge in [-0.1, -0.05) is 48.5 Å². The summed E-state index contributed by atoms with van der Waals surface area (Å²) in [5.41, 5.74) is 1.54. The Bertz CT molecular complexity index is 855. The molecule has 2 amide bonds. The smallest absolute Gasteiger partial charge is 0.253 e. The molecule has 152 valence electrons. The van der Waals surface area contributed by atoms with Crippen LogP contribution in [0.3, 0.4) is 0 Å². The fourth-order valence-corrected chi connectivity index (χ4v) is 4.76. The van der Waals surface area contributed by atoms with Crippen molar-refractivity contribution >= 4 is 11.8 Å². The maximum Gasteiger partial charge on any atom is 0.253 e. The molecule has 0 bridgehead atoms. The molecule has 4 rings (SSSR count). The van der Waals surface area contributed by atoms with E-state index < -0.39 is 0 Å². The van der Waals surface area contributed by atoms with E-state index in [1.807, 2.05) is 58.3 Å². The molecule has 2 aliphatic rings. The van der Waals surface area contributed by atoms with Crippen LogP contribution >= 0.6 is 0 Å². The van der Waals surface area contributed by atoms with Gasteiger partial charge >= 0.3 is 0 Å². The second kappa shape index (κ2) is 8.37. The minimum absolute atomic E-state index is 0.00400. The van der Waals surface area contributed by atoms with Crippen LogP contribution in [-0.4, -0.2) is 59.5 Å². The molecule has 2 aromatic carbocycles. The molecule has 0 aliphatic carbocycles. The van der Waals surface area contributed by atoms with E-state index in [0.717, 1.165) is 12.8 Å². The van der Waals surface area contributed by atoms with Crippen LogP contribution in [0.15, 0.2) is 60.7 Å². The van der Waals surface area contributed by atoms with Crippen LogP contribution in [0.25, 0.3) is 0 Å². The minimum Gasteiger partial charge on any atom is -0.396 e. The van der Waals surface area contributed by atoms with Crippen molar-refractivity contribution in [3.8, 4) is 0 Å². The fourth-order valence-electron chi connectivity index (χ4n) is 4.76. The molecular weight excluding hydrogens is 364 g/mol. The largest absolute Gasteiger partial charge is 0.396 e. The van der Waals surface area contributed by atoms with Gasteiger partial charge < -0.3 is 14.9 Å². The van der Waals surface area contributed by atoms with Crippen molar-refractivity contribution in [2.45, 2.75) is 19.3 Å². The van der Waals surface area contributed by atoms with Crippen molar-refractivity contribution in [1.29, 1.82) is 0 Å². The van der Waals surface area contributed by atoms with Gasteiger partial charge in [0.1, 0.15) is 0 Å². The van der Waals surface area contributed by atoms with Crippen LogP contribution in [0.2, 0.25) is 0 Å². The Kier molecular flexibility index (Phi) is 5.67. The number of hydrogen-bond donors (Lipinski definition) is 1. The first-order valence-corrected chi connectivity index (χ1v) is 10.4. The molecule has 0 saturated carbocycles. The van der Waals surface area contributed by atoms with Gasteiger partial charge in [-0.15, -0.1) is 0 Å². The Hall–Kier alpha value is -2.66. The van der Waals surface area contributed by atoms with E-state index in [2.05, 4.69) is 12.1 Å². The highest BCUT2D eigenvalue weighted by atomic mass is 16.3. The predicted octanol–water partition coefficient (Wildman–Crippen LogP) is 2.60. The van der Waals surface area contributed by atoms with Gasteiger partial charge in [0.15, 0.2) is 0 Å². The zero-order valence-corrected chi connectivity index (χ0v) is 16.7. The Labute approximate surface area is 171 Å². The van der Waals surface area contributed by atoms with Gasteiger partial charge in [0.2, 0.25) is 5.91 Å². The number of hydrogen-bond acceptors (Lipinski definition) is 3. The van der Waals surface area contributed by atoms with Crippen molar-refractivity contribution < 1.29 is 14.7 Å². The number of likely N-dealkylation sites (tertiary alicyclic amines) is 2. The van der Waals surface area contributed by atoms with Gasteiger partial charge in [0, 0.05) is 49.5 Å². The molecule has 1 N–H and O–H groups in total. The van der Waals surface area contributed by atoms with E-state index in [-0.39, 0.29) is 29.8 Å². The molecule has 2 aliphatic heterocycles. The Morgan fingerprint density at radius 2 is 1.55 bits per heavy atom. The van der Waals surface area contributed by atoms with Crippen molar-refractivity contribution in [3.63, 3.8) is 0 Å². The lowest BCUT2D eigenvalue weighted by Crippen LogP contribution is -2.40. The molecule has 2 saturated heterocycles. The van der Waals surface area contributed by atoms with E-state index in [4.69, 9.17) is 0 Å². The van der Waals surface area contributed by atoms with Gasteiger partial charge in [-0.2, -0.15) is 0 Å². The summed E-state index contributed by atoms with van der Waals surface area (Å²) in [7, 11) is 0. The van der Waals surface area contributed by atoms with Crippen LogP contribution in [-0.2, 0) is 11.2 Å². The number of nitrogens with zero attached hydrogens (tertiary/aromatic N) is 2. The lowest BCUT2D eigenvalue weighted by atomic mass is 9.82. The summed E-state index contributed by atoms with van der Waals surface area (Å²) in [5.74, 6) is 0.302. The summed E-state index contributed by atoms with van der Waals surface area (Å²) in [6, 6.07) is 19.5. The van der Waals surface area contributed by atoms with Gasteiger partial charge in [0.25, 0.3) is 5.91 Å². The SMILES string of the molecule is O=C(CCCc1ccccc1)N1C[C@H]2CN(C(=O)c3ccccc3)C[C@@]2(CO)C1. The first-order chi connectivity index (χ1) is 14.1. The molecule has 29 heavy (non-hydrogen) atoms. The monoisotopic (exact) mass is 392 g/mol. The summed E-state index contributed by atoms with van der Waals surface area (Å²) >= 11 is 0. The summed E-state index contributed by atoms with van der Waals surface area (Å²) in [5, 5.41) is 10.1. The number of benzene rings is 2. The Balaban J connectivity index is 1.33. The van der Waals surface area contributed by atoms with Crippen molar-refractivity contribution in [2.24, 2.45) is 11.3 Å². The number of carbonyl (C=O) groups is 2. The minimum atomic E-state index is -0.389. The molecule has 5 heteroatoms. The fraction of sp³-hybridized carbons (Fsp3) is 0.417. The highest BCUT2D eigenvalue weighted by Crippen LogP contribution is 2.42. The Morgan fingerprint density at radius 3 is 2.21 bits per heavy atom.